The number of halogens is 2. The largest absolute Gasteiger partial charge is 0.344 e. The fraction of sp³-hybridized carbons (Fsp3) is 0.105. The van der Waals surface area contributed by atoms with Crippen LogP contribution in [0.15, 0.2) is 53.1 Å². The van der Waals surface area contributed by atoms with E-state index in [2.05, 4.69) is 26.2 Å². The summed E-state index contributed by atoms with van der Waals surface area (Å²) in [4.78, 5) is 27.9. The fourth-order valence-electron chi connectivity index (χ4n) is 2.62. The number of fused-ring (bicyclic) bond motifs is 1. The number of rotatable bonds is 4. The Kier molecular flexibility index (Phi) is 4.90. The zero-order chi connectivity index (χ0) is 18.0. The van der Waals surface area contributed by atoms with Crippen LogP contribution in [0, 0.1) is 5.82 Å². The molecule has 1 N–H and O–H groups in total. The average Bonchev–Trinajstić information content (AvgIpc) is 2.62. The number of pyridine rings is 1. The number of nitrogens with zero attached hydrogens (tertiary/aromatic N) is 1. The van der Waals surface area contributed by atoms with Gasteiger partial charge >= 0.3 is 0 Å². The molecule has 1 aromatic heterocycles. The van der Waals surface area contributed by atoms with Crippen molar-refractivity contribution >= 4 is 38.9 Å². The first-order chi connectivity index (χ1) is 12.0. The van der Waals surface area contributed by atoms with E-state index < -0.39 is 6.04 Å². The van der Waals surface area contributed by atoms with Gasteiger partial charge in [0.2, 0.25) is 0 Å². The van der Waals surface area contributed by atoms with Crippen LogP contribution in [0.25, 0.3) is 10.8 Å². The van der Waals surface area contributed by atoms with E-state index in [9.17, 15) is 14.0 Å². The van der Waals surface area contributed by atoms with Crippen molar-refractivity contribution in [3.63, 3.8) is 0 Å². The van der Waals surface area contributed by atoms with Crippen LogP contribution < -0.4 is 5.32 Å². The van der Waals surface area contributed by atoms with Gasteiger partial charge in [0.25, 0.3) is 5.91 Å². The number of hydrogen-bond donors (Lipinski definition) is 1. The van der Waals surface area contributed by atoms with E-state index in [0.717, 1.165) is 5.39 Å². The summed E-state index contributed by atoms with van der Waals surface area (Å²) in [5, 5.41) is 4.30. The van der Waals surface area contributed by atoms with E-state index in [-0.39, 0.29) is 11.7 Å². The van der Waals surface area contributed by atoms with Gasteiger partial charge in [-0.1, -0.05) is 18.2 Å². The van der Waals surface area contributed by atoms with Crippen molar-refractivity contribution in [1.82, 2.24) is 10.3 Å². The number of aromatic nitrogens is 1. The summed E-state index contributed by atoms with van der Waals surface area (Å²) in [6.07, 6.45) is 2.28. The smallest absolute Gasteiger partial charge is 0.252 e. The van der Waals surface area contributed by atoms with Gasteiger partial charge in [0, 0.05) is 32.6 Å². The second-order valence-corrected chi connectivity index (χ2v) is 6.38. The van der Waals surface area contributed by atoms with Crippen LogP contribution in [-0.2, 0) is 0 Å². The molecule has 0 bridgehead atoms. The van der Waals surface area contributed by atoms with Crippen molar-refractivity contribution in [1.29, 1.82) is 0 Å². The van der Waals surface area contributed by atoms with Gasteiger partial charge in [0.1, 0.15) is 5.82 Å². The lowest BCUT2D eigenvalue weighted by molar-refractivity contribution is 0.0934. The Morgan fingerprint density at radius 1 is 1.28 bits per heavy atom. The predicted octanol–water partition coefficient (Wildman–Crippen LogP) is 4.44. The lowest BCUT2D eigenvalue weighted by Crippen LogP contribution is -2.28. The molecule has 1 atom stereocenters. The first-order valence-electron chi connectivity index (χ1n) is 7.60. The topological polar surface area (TPSA) is 59.1 Å². The van der Waals surface area contributed by atoms with Crippen LogP contribution in [0.4, 0.5) is 4.39 Å². The van der Waals surface area contributed by atoms with Gasteiger partial charge in [-0.05, 0) is 47.1 Å². The molecule has 2 aromatic carbocycles. The standard InChI is InChI=1S/C19H14BrFN2O2/c1-11(23-19(25)15-5-3-2-4-13(15)10-24)18-17(20)16-8-14(21)7-6-12(16)9-22-18/h2-11H,1H3,(H,23,25). The molecular weight excluding hydrogens is 387 g/mol. The Hall–Kier alpha value is -2.60. The first-order valence-corrected chi connectivity index (χ1v) is 8.39. The molecule has 0 radical (unpaired) electrons. The third-order valence-electron chi connectivity index (χ3n) is 3.91. The Labute approximate surface area is 152 Å². The highest BCUT2D eigenvalue weighted by molar-refractivity contribution is 9.10. The van der Waals surface area contributed by atoms with Gasteiger partial charge in [0.15, 0.2) is 6.29 Å². The van der Waals surface area contributed by atoms with E-state index in [0.29, 0.717) is 33.0 Å². The minimum absolute atomic E-state index is 0.298. The molecule has 1 heterocycles. The SMILES string of the molecule is CC(NC(=O)c1ccccc1C=O)c1ncc2ccc(F)cc2c1Br. The number of nitrogens with one attached hydrogen (secondary N) is 1. The van der Waals surface area contributed by atoms with E-state index in [4.69, 9.17) is 0 Å². The van der Waals surface area contributed by atoms with Crippen LogP contribution in [0.2, 0.25) is 0 Å². The Balaban J connectivity index is 1.92. The molecule has 4 nitrogen and oxygen atoms in total. The highest BCUT2D eigenvalue weighted by Gasteiger charge is 2.18. The minimum Gasteiger partial charge on any atom is -0.344 e. The van der Waals surface area contributed by atoms with Crippen molar-refractivity contribution in [3.8, 4) is 0 Å². The quantitative estimate of drug-likeness (QED) is 0.658. The molecule has 126 valence electrons. The molecule has 0 fully saturated rings. The molecular formula is C19H14BrFN2O2. The molecule has 3 rings (SSSR count). The van der Waals surface area contributed by atoms with Crippen molar-refractivity contribution in [2.24, 2.45) is 0 Å². The first kappa shape index (κ1) is 17.2. The van der Waals surface area contributed by atoms with Crippen LogP contribution in [0.3, 0.4) is 0 Å². The molecule has 1 amide bonds. The summed E-state index contributed by atoms with van der Waals surface area (Å²) in [5.74, 6) is -0.717. The number of carbonyl (C=O) groups excluding carboxylic acids is 2. The normalized spacial score (nSPS) is 12.0. The van der Waals surface area contributed by atoms with Crippen molar-refractivity contribution in [2.75, 3.05) is 0 Å². The average molecular weight is 401 g/mol. The molecule has 0 spiro atoms. The molecule has 25 heavy (non-hydrogen) atoms. The molecule has 0 saturated carbocycles. The molecule has 0 aliphatic carbocycles. The molecule has 3 aromatic rings. The van der Waals surface area contributed by atoms with Crippen LogP contribution >= 0.6 is 15.9 Å². The lowest BCUT2D eigenvalue weighted by Gasteiger charge is -2.16. The second kappa shape index (κ2) is 7.11. The van der Waals surface area contributed by atoms with Gasteiger partial charge in [-0.25, -0.2) is 4.39 Å². The molecule has 0 aliphatic heterocycles. The maximum atomic E-state index is 13.5. The second-order valence-electron chi connectivity index (χ2n) is 5.59. The fourth-order valence-corrected chi connectivity index (χ4v) is 3.41. The van der Waals surface area contributed by atoms with Crippen LogP contribution in [-0.4, -0.2) is 17.2 Å². The maximum absolute atomic E-state index is 13.5. The van der Waals surface area contributed by atoms with Gasteiger partial charge in [-0.2, -0.15) is 0 Å². The highest BCUT2D eigenvalue weighted by atomic mass is 79.9. The number of hydrogen-bond acceptors (Lipinski definition) is 3. The van der Waals surface area contributed by atoms with Gasteiger partial charge < -0.3 is 5.32 Å². The van der Waals surface area contributed by atoms with Gasteiger partial charge in [0.05, 0.1) is 11.7 Å². The third kappa shape index (κ3) is 3.44. The minimum atomic E-state index is -0.436. The van der Waals surface area contributed by atoms with E-state index in [1.807, 2.05) is 0 Å². The number of benzene rings is 2. The summed E-state index contributed by atoms with van der Waals surface area (Å²) in [6.45, 7) is 1.78. The molecule has 6 heteroatoms. The summed E-state index contributed by atoms with van der Waals surface area (Å²) in [5.41, 5.74) is 1.20. The zero-order valence-corrected chi connectivity index (χ0v) is 14.9. The Morgan fingerprint density at radius 2 is 2.04 bits per heavy atom. The van der Waals surface area contributed by atoms with Crippen LogP contribution in [0.1, 0.15) is 39.4 Å². The zero-order valence-electron chi connectivity index (χ0n) is 13.3. The predicted molar refractivity (Wildman–Crippen MR) is 97.1 cm³/mol. The Bertz CT molecular complexity index is 975. The van der Waals surface area contributed by atoms with E-state index in [1.165, 1.54) is 12.1 Å². The summed E-state index contributed by atoms with van der Waals surface area (Å²) >= 11 is 3.45. The number of carbonyl (C=O) groups is 2. The summed E-state index contributed by atoms with van der Waals surface area (Å²) in [6, 6.07) is 10.6. The third-order valence-corrected chi connectivity index (χ3v) is 4.74. The van der Waals surface area contributed by atoms with Gasteiger partial charge in [-0.15, -0.1) is 0 Å². The number of amides is 1. The molecule has 0 saturated heterocycles. The lowest BCUT2D eigenvalue weighted by atomic mass is 10.1. The number of aldehydes is 1. The highest BCUT2D eigenvalue weighted by Crippen LogP contribution is 2.30. The van der Waals surface area contributed by atoms with E-state index >= 15 is 0 Å². The maximum Gasteiger partial charge on any atom is 0.252 e. The molecule has 0 aliphatic rings. The van der Waals surface area contributed by atoms with Crippen LogP contribution in [0.5, 0.6) is 0 Å². The van der Waals surface area contributed by atoms with E-state index in [1.54, 1.807) is 43.5 Å². The van der Waals surface area contributed by atoms with Crippen molar-refractivity contribution in [3.05, 3.63) is 75.8 Å². The van der Waals surface area contributed by atoms with Gasteiger partial charge in [-0.3, -0.25) is 14.6 Å². The van der Waals surface area contributed by atoms with Crippen molar-refractivity contribution < 1.29 is 14.0 Å². The Morgan fingerprint density at radius 3 is 2.80 bits per heavy atom. The molecule has 1 unspecified atom stereocenters. The van der Waals surface area contributed by atoms with Crippen molar-refractivity contribution in [2.45, 2.75) is 13.0 Å². The summed E-state index contributed by atoms with van der Waals surface area (Å²) in [7, 11) is 0. The summed E-state index contributed by atoms with van der Waals surface area (Å²) < 4.78 is 14.1. The monoisotopic (exact) mass is 400 g/mol.